The third kappa shape index (κ3) is 4.97. The summed E-state index contributed by atoms with van der Waals surface area (Å²) >= 11 is 0. The number of nitrogens with zero attached hydrogens (tertiary/aromatic N) is 3. The first kappa shape index (κ1) is 24.5. The minimum atomic E-state index is 0.263. The first-order chi connectivity index (χ1) is 19.7. The van der Waals surface area contributed by atoms with Crippen molar-refractivity contribution in [2.75, 3.05) is 0 Å². The summed E-state index contributed by atoms with van der Waals surface area (Å²) in [5, 5.41) is 4.55. The minimum absolute atomic E-state index is 0.263. The Labute approximate surface area is 229 Å². The van der Waals surface area contributed by atoms with Crippen molar-refractivity contribution in [1.29, 1.82) is 0 Å². The molecular weight excluding hydrogens is 502 g/mol. The Hall–Kier alpha value is -5.87. The van der Waals surface area contributed by atoms with Gasteiger partial charge >= 0.3 is 0 Å². The lowest BCUT2D eigenvalue weighted by atomic mass is 9.97. The van der Waals surface area contributed by atoms with E-state index in [0.717, 1.165) is 27.3 Å². The molecular formula is C33H19N3O4. The first-order valence-electron chi connectivity index (χ1n) is 12.3. The summed E-state index contributed by atoms with van der Waals surface area (Å²) in [6.45, 7) is 0.673. The molecule has 0 saturated carbocycles. The Morgan fingerprint density at radius 2 is 1.20 bits per heavy atom. The van der Waals surface area contributed by atoms with Crippen molar-refractivity contribution >= 4 is 34.5 Å². The van der Waals surface area contributed by atoms with Gasteiger partial charge in [0.05, 0.1) is 22.8 Å². The van der Waals surface area contributed by atoms with E-state index < -0.39 is 0 Å². The van der Waals surface area contributed by atoms with Crippen LogP contribution in [0, 0.1) is 11.8 Å². The number of carbonyl (C=O) groups excluding carboxylic acids is 2. The van der Waals surface area contributed by atoms with Gasteiger partial charge in [0.1, 0.15) is 11.5 Å². The van der Waals surface area contributed by atoms with E-state index in [1.165, 1.54) is 11.6 Å². The first-order valence-corrected chi connectivity index (χ1v) is 12.3. The Bertz CT molecular complexity index is 1970. The fourth-order valence-electron chi connectivity index (χ4n) is 4.52. The van der Waals surface area contributed by atoms with Gasteiger partial charge in [0, 0.05) is 41.7 Å². The van der Waals surface area contributed by atoms with E-state index in [1.807, 2.05) is 36.4 Å². The van der Waals surface area contributed by atoms with Crippen LogP contribution in [0.5, 0.6) is 11.5 Å². The number of hydrogen-bond donors (Lipinski definition) is 0. The van der Waals surface area contributed by atoms with Crippen LogP contribution in [-0.4, -0.2) is 27.9 Å². The van der Waals surface area contributed by atoms with Gasteiger partial charge in [-0.05, 0) is 45.8 Å². The molecule has 6 aromatic rings. The predicted octanol–water partition coefficient (Wildman–Crippen LogP) is 5.98. The fraction of sp³-hybridized carbons (Fsp3) is 0. The van der Waals surface area contributed by atoms with Gasteiger partial charge in [-0.25, -0.2) is 4.98 Å². The summed E-state index contributed by atoms with van der Waals surface area (Å²) in [4.78, 5) is 35.3. The van der Waals surface area contributed by atoms with E-state index in [4.69, 9.17) is 9.47 Å². The Balaban J connectivity index is 1.41. The highest BCUT2D eigenvalue weighted by atomic mass is 16.5. The zero-order chi connectivity index (χ0) is 27.3. The van der Waals surface area contributed by atoms with E-state index in [1.54, 1.807) is 30.5 Å². The standard InChI is InChI=1S/C33H19N3O4/c37-20-39-25-12-14-35-31(17-25)33-19-26(40-21-38)18-32(36-33)30-15-22(11-13-34-30)9-10-24-16-23-5-1-2-6-27(23)29-8-4-3-7-28(24)29/h1-8,11-21H. The minimum Gasteiger partial charge on any atom is -0.429 e. The number of hydrogen-bond acceptors (Lipinski definition) is 7. The molecule has 3 heterocycles. The number of aromatic nitrogens is 3. The molecule has 0 N–H and O–H groups in total. The van der Waals surface area contributed by atoms with Crippen molar-refractivity contribution in [2.45, 2.75) is 0 Å². The third-order valence-electron chi connectivity index (χ3n) is 6.29. The number of pyridine rings is 3. The molecule has 0 radical (unpaired) electrons. The summed E-state index contributed by atoms with van der Waals surface area (Å²) in [6, 6.07) is 28.6. The molecule has 40 heavy (non-hydrogen) atoms. The molecule has 0 aliphatic rings. The van der Waals surface area contributed by atoms with Gasteiger partial charge in [0.15, 0.2) is 0 Å². The van der Waals surface area contributed by atoms with Gasteiger partial charge in [-0.1, -0.05) is 60.4 Å². The number of ether oxygens (including phenoxy) is 2. The molecule has 6 rings (SSSR count). The van der Waals surface area contributed by atoms with E-state index >= 15 is 0 Å². The topological polar surface area (TPSA) is 91.3 Å². The van der Waals surface area contributed by atoms with Crippen LogP contribution in [-0.2, 0) is 9.59 Å². The van der Waals surface area contributed by atoms with Crippen LogP contribution in [0.1, 0.15) is 11.1 Å². The molecule has 7 heteroatoms. The average molecular weight is 522 g/mol. The van der Waals surface area contributed by atoms with E-state index in [2.05, 4.69) is 57.1 Å². The normalized spacial score (nSPS) is 10.5. The third-order valence-corrected chi connectivity index (χ3v) is 6.29. The smallest absolute Gasteiger partial charge is 0.298 e. The molecule has 0 aliphatic heterocycles. The Morgan fingerprint density at radius 3 is 1.98 bits per heavy atom. The van der Waals surface area contributed by atoms with Crippen molar-refractivity contribution in [1.82, 2.24) is 15.0 Å². The maximum atomic E-state index is 11.1. The Kier molecular flexibility index (Phi) is 6.64. The van der Waals surface area contributed by atoms with Crippen molar-refractivity contribution in [3.8, 4) is 46.1 Å². The second-order valence-electron chi connectivity index (χ2n) is 8.75. The molecule has 7 nitrogen and oxygen atoms in total. The highest BCUT2D eigenvalue weighted by molar-refractivity contribution is 6.09. The van der Waals surface area contributed by atoms with Crippen molar-refractivity contribution in [2.24, 2.45) is 0 Å². The van der Waals surface area contributed by atoms with Gasteiger partial charge in [-0.2, -0.15) is 0 Å². The molecule has 0 atom stereocenters. The largest absolute Gasteiger partial charge is 0.429 e. The molecule has 0 bridgehead atoms. The van der Waals surface area contributed by atoms with E-state index in [0.29, 0.717) is 41.5 Å². The van der Waals surface area contributed by atoms with E-state index in [9.17, 15) is 9.59 Å². The molecule has 3 aromatic carbocycles. The molecule has 0 saturated heterocycles. The van der Waals surface area contributed by atoms with Crippen molar-refractivity contribution in [3.05, 3.63) is 115 Å². The number of carbonyl (C=O) groups is 2. The predicted molar refractivity (Wildman–Crippen MR) is 152 cm³/mol. The van der Waals surface area contributed by atoms with Crippen LogP contribution >= 0.6 is 0 Å². The Morgan fingerprint density at radius 1 is 0.575 bits per heavy atom. The monoisotopic (exact) mass is 521 g/mol. The maximum absolute atomic E-state index is 11.1. The number of rotatable bonds is 6. The van der Waals surface area contributed by atoms with Gasteiger partial charge in [-0.15, -0.1) is 0 Å². The highest BCUT2D eigenvalue weighted by Gasteiger charge is 2.12. The van der Waals surface area contributed by atoms with Gasteiger partial charge in [-0.3, -0.25) is 19.6 Å². The van der Waals surface area contributed by atoms with Crippen LogP contribution < -0.4 is 9.47 Å². The van der Waals surface area contributed by atoms with Crippen LogP contribution in [0.15, 0.2) is 103 Å². The van der Waals surface area contributed by atoms with Crippen molar-refractivity contribution < 1.29 is 19.1 Å². The SMILES string of the molecule is O=COc1ccnc(-c2cc(OC=O)cc(-c3cc(C#Cc4cc5ccccc5c5ccccc45)ccn3)n2)c1. The molecule has 190 valence electrons. The molecule has 0 amide bonds. The zero-order valence-corrected chi connectivity index (χ0v) is 20.9. The second-order valence-corrected chi connectivity index (χ2v) is 8.75. The molecule has 3 aromatic heterocycles. The summed E-state index contributed by atoms with van der Waals surface area (Å²) < 4.78 is 10.1. The lowest BCUT2D eigenvalue weighted by Gasteiger charge is -2.08. The molecule has 0 fully saturated rings. The van der Waals surface area contributed by atoms with Gasteiger partial charge in [0.25, 0.3) is 12.9 Å². The van der Waals surface area contributed by atoms with Gasteiger partial charge in [0.2, 0.25) is 0 Å². The number of fused-ring (bicyclic) bond motifs is 3. The van der Waals surface area contributed by atoms with Crippen LogP contribution in [0.2, 0.25) is 0 Å². The second kappa shape index (κ2) is 10.9. The number of benzene rings is 3. The summed E-state index contributed by atoms with van der Waals surface area (Å²) in [6.07, 6.45) is 3.15. The lowest BCUT2D eigenvalue weighted by Crippen LogP contribution is -1.97. The summed E-state index contributed by atoms with van der Waals surface area (Å²) in [5.41, 5.74) is 3.50. The lowest BCUT2D eigenvalue weighted by molar-refractivity contribution is -0.121. The quantitative estimate of drug-likeness (QED) is 0.151. The molecule has 0 unspecified atom stereocenters. The molecule has 0 aliphatic carbocycles. The summed E-state index contributed by atoms with van der Waals surface area (Å²) in [7, 11) is 0. The van der Waals surface area contributed by atoms with Crippen molar-refractivity contribution in [3.63, 3.8) is 0 Å². The highest BCUT2D eigenvalue weighted by Crippen LogP contribution is 2.30. The maximum Gasteiger partial charge on any atom is 0.298 e. The zero-order valence-electron chi connectivity index (χ0n) is 20.9. The van der Waals surface area contributed by atoms with Crippen LogP contribution in [0.4, 0.5) is 0 Å². The fourth-order valence-corrected chi connectivity index (χ4v) is 4.52. The van der Waals surface area contributed by atoms with Crippen LogP contribution in [0.25, 0.3) is 44.3 Å². The summed E-state index contributed by atoms with van der Waals surface area (Å²) in [5.74, 6) is 7.18. The van der Waals surface area contributed by atoms with E-state index in [-0.39, 0.29) is 5.75 Å². The van der Waals surface area contributed by atoms with Crippen LogP contribution in [0.3, 0.4) is 0 Å². The molecule has 0 spiro atoms. The average Bonchev–Trinajstić information content (AvgIpc) is 3.00. The van der Waals surface area contributed by atoms with Gasteiger partial charge < -0.3 is 9.47 Å².